The van der Waals surface area contributed by atoms with Crippen molar-refractivity contribution >= 4 is 40.2 Å². The van der Waals surface area contributed by atoms with Crippen LogP contribution < -0.4 is 15.0 Å². The normalized spacial score (nSPS) is 18.1. The van der Waals surface area contributed by atoms with Crippen molar-refractivity contribution in [3.8, 4) is 17.0 Å². The number of halogens is 1. The maximum Gasteiger partial charge on any atom is 0.260 e. The average molecular weight is 452 g/mol. The molecule has 3 heterocycles. The summed E-state index contributed by atoms with van der Waals surface area (Å²) in [7, 11) is 1.44. The highest BCUT2D eigenvalue weighted by Crippen LogP contribution is 2.43. The molecular weight excluding hydrogens is 430 g/mol. The Morgan fingerprint density at radius 1 is 1.19 bits per heavy atom. The number of nitrogens with zero attached hydrogens (tertiary/aromatic N) is 2. The largest absolute Gasteiger partial charge is 0.504 e. The third-order valence-corrected chi connectivity index (χ3v) is 6.11. The molecule has 2 aliphatic heterocycles. The van der Waals surface area contributed by atoms with Crippen molar-refractivity contribution in [2.45, 2.75) is 13.8 Å². The summed E-state index contributed by atoms with van der Waals surface area (Å²) >= 11 is 6.55. The molecule has 0 unspecified atom stereocenters. The van der Waals surface area contributed by atoms with E-state index in [-0.39, 0.29) is 23.0 Å². The van der Waals surface area contributed by atoms with E-state index in [1.54, 1.807) is 12.1 Å². The van der Waals surface area contributed by atoms with Crippen LogP contribution in [-0.2, 0) is 4.79 Å². The maximum atomic E-state index is 12.6. The van der Waals surface area contributed by atoms with Crippen molar-refractivity contribution in [2.24, 2.45) is 5.41 Å². The predicted octanol–water partition coefficient (Wildman–Crippen LogP) is 5.23. The number of rotatable bonds is 4. The molecule has 164 valence electrons. The quantitative estimate of drug-likeness (QED) is 0.417. The number of fused-ring (bicyclic) bond motifs is 1. The SMILES string of the molecule is COc1cc(C(O)=C2C(=O)Nc3cc(Cl)c(-c4ccc(N5CC(C)(C)C5)cc4)cc32)on1. The van der Waals surface area contributed by atoms with E-state index in [1.165, 1.54) is 18.9 Å². The van der Waals surface area contributed by atoms with E-state index in [0.29, 0.717) is 21.7 Å². The lowest BCUT2D eigenvalue weighted by Crippen LogP contribution is -2.53. The standard InChI is InChI=1S/C24H22ClN3O4/c1-24(2)11-28(12-24)14-6-4-13(5-7-14)15-8-16-18(9-17(15)25)26-23(30)21(16)22(29)19-10-20(31-3)27-32-19/h4-10,29H,11-12H2,1-3H3,(H,26,30). The molecule has 7 nitrogen and oxygen atoms in total. The van der Waals surface area contributed by atoms with Gasteiger partial charge < -0.3 is 24.6 Å². The number of carbonyl (C=O) groups excluding carboxylic acids is 1. The lowest BCUT2D eigenvalue weighted by molar-refractivity contribution is -0.110. The minimum Gasteiger partial charge on any atom is -0.504 e. The lowest BCUT2D eigenvalue weighted by Gasteiger charge is -2.47. The van der Waals surface area contributed by atoms with Gasteiger partial charge >= 0.3 is 0 Å². The van der Waals surface area contributed by atoms with Crippen LogP contribution in [0.3, 0.4) is 0 Å². The minimum atomic E-state index is -0.447. The number of aromatic nitrogens is 1. The van der Waals surface area contributed by atoms with Crippen LogP contribution in [0.5, 0.6) is 5.88 Å². The Morgan fingerprint density at radius 2 is 1.91 bits per heavy atom. The third kappa shape index (κ3) is 3.39. The molecule has 3 aromatic rings. The van der Waals surface area contributed by atoms with Gasteiger partial charge in [-0.05, 0) is 40.4 Å². The van der Waals surface area contributed by atoms with Crippen LogP contribution in [-0.4, -0.2) is 36.4 Å². The molecule has 1 amide bonds. The molecule has 0 spiro atoms. The Kier molecular flexibility index (Phi) is 4.67. The molecule has 0 aliphatic carbocycles. The van der Waals surface area contributed by atoms with Crippen molar-refractivity contribution in [3.05, 3.63) is 58.8 Å². The van der Waals surface area contributed by atoms with Crippen LogP contribution in [0.2, 0.25) is 5.02 Å². The lowest BCUT2D eigenvalue weighted by atomic mass is 9.84. The first-order chi connectivity index (χ1) is 15.3. The zero-order chi connectivity index (χ0) is 22.6. The van der Waals surface area contributed by atoms with Gasteiger partial charge in [-0.25, -0.2) is 0 Å². The van der Waals surface area contributed by atoms with Crippen molar-refractivity contribution in [1.82, 2.24) is 5.16 Å². The highest BCUT2D eigenvalue weighted by atomic mass is 35.5. The van der Waals surface area contributed by atoms with Gasteiger partial charge in [-0.3, -0.25) is 4.79 Å². The molecule has 1 aromatic heterocycles. The molecule has 0 bridgehead atoms. The summed E-state index contributed by atoms with van der Waals surface area (Å²) in [6, 6.07) is 13.1. The number of amides is 1. The molecule has 5 rings (SSSR count). The fraction of sp³-hybridized carbons (Fsp3) is 0.250. The van der Waals surface area contributed by atoms with Crippen LogP contribution in [0.1, 0.15) is 25.2 Å². The Morgan fingerprint density at radius 3 is 2.53 bits per heavy atom. The first kappa shape index (κ1) is 20.5. The summed E-state index contributed by atoms with van der Waals surface area (Å²) in [6.45, 7) is 6.57. The van der Waals surface area contributed by atoms with Crippen molar-refractivity contribution in [3.63, 3.8) is 0 Å². The predicted molar refractivity (Wildman–Crippen MR) is 124 cm³/mol. The van der Waals surface area contributed by atoms with Crippen molar-refractivity contribution in [1.29, 1.82) is 0 Å². The Hall–Kier alpha value is -3.45. The number of aliphatic hydroxyl groups excluding tert-OH is 1. The van der Waals surface area contributed by atoms with Gasteiger partial charge in [-0.2, -0.15) is 0 Å². The maximum absolute atomic E-state index is 12.6. The molecule has 0 atom stereocenters. The third-order valence-electron chi connectivity index (χ3n) is 5.80. The number of hydrogen-bond donors (Lipinski definition) is 2. The summed E-state index contributed by atoms with van der Waals surface area (Å²) in [5.74, 6) is -0.524. The summed E-state index contributed by atoms with van der Waals surface area (Å²) in [5, 5.41) is 17.7. The molecule has 1 saturated heterocycles. The summed E-state index contributed by atoms with van der Waals surface area (Å²) in [4.78, 5) is 15.0. The monoisotopic (exact) mass is 451 g/mol. The molecular formula is C24H22ClN3O4. The molecule has 32 heavy (non-hydrogen) atoms. The van der Waals surface area contributed by atoms with Crippen LogP contribution in [0, 0.1) is 5.41 Å². The van der Waals surface area contributed by atoms with E-state index in [1.807, 2.05) is 12.1 Å². The second-order valence-electron chi connectivity index (χ2n) is 8.86. The Labute approximate surface area is 190 Å². The molecule has 2 N–H and O–H groups in total. The fourth-order valence-corrected chi connectivity index (χ4v) is 4.53. The summed E-state index contributed by atoms with van der Waals surface area (Å²) in [5.41, 5.74) is 4.35. The van der Waals surface area contributed by atoms with E-state index < -0.39 is 5.91 Å². The van der Waals surface area contributed by atoms with Gasteiger partial charge in [0.15, 0.2) is 5.76 Å². The summed E-state index contributed by atoms with van der Waals surface area (Å²) in [6.07, 6.45) is 0. The van der Waals surface area contributed by atoms with E-state index in [9.17, 15) is 9.90 Å². The first-order valence-corrected chi connectivity index (χ1v) is 10.6. The van der Waals surface area contributed by atoms with Gasteiger partial charge in [-0.15, -0.1) is 0 Å². The van der Waals surface area contributed by atoms with Gasteiger partial charge in [0.05, 0.1) is 29.5 Å². The minimum absolute atomic E-state index is 0.0400. The Bertz CT molecular complexity index is 1250. The van der Waals surface area contributed by atoms with Gasteiger partial charge in [0.25, 0.3) is 11.8 Å². The second kappa shape index (κ2) is 7.31. The smallest absolute Gasteiger partial charge is 0.260 e. The Balaban J connectivity index is 1.52. The number of benzene rings is 2. The molecule has 2 aromatic carbocycles. The van der Waals surface area contributed by atoms with E-state index in [2.05, 4.69) is 41.4 Å². The second-order valence-corrected chi connectivity index (χ2v) is 9.26. The number of ether oxygens (including phenoxy) is 1. The number of hydrogen-bond acceptors (Lipinski definition) is 6. The van der Waals surface area contributed by atoms with Gasteiger partial charge in [-0.1, -0.05) is 37.6 Å². The number of aliphatic hydroxyl groups is 1. The highest BCUT2D eigenvalue weighted by molar-refractivity contribution is 6.38. The zero-order valence-corrected chi connectivity index (χ0v) is 18.7. The van der Waals surface area contributed by atoms with Gasteiger partial charge in [0, 0.05) is 29.9 Å². The number of methoxy groups -OCH3 is 1. The number of anilines is 2. The van der Waals surface area contributed by atoms with Crippen LogP contribution in [0.25, 0.3) is 22.5 Å². The van der Waals surface area contributed by atoms with E-state index in [4.69, 9.17) is 20.9 Å². The first-order valence-electron chi connectivity index (χ1n) is 10.2. The molecule has 0 radical (unpaired) electrons. The average Bonchev–Trinajstić information content (AvgIpc) is 3.34. The van der Waals surface area contributed by atoms with Gasteiger partial charge in [0.2, 0.25) is 5.76 Å². The van der Waals surface area contributed by atoms with Crippen LogP contribution in [0.4, 0.5) is 11.4 Å². The highest BCUT2D eigenvalue weighted by Gasteiger charge is 2.34. The molecule has 1 fully saturated rings. The van der Waals surface area contributed by atoms with E-state index in [0.717, 1.165) is 24.2 Å². The van der Waals surface area contributed by atoms with Crippen molar-refractivity contribution in [2.75, 3.05) is 30.4 Å². The van der Waals surface area contributed by atoms with Crippen LogP contribution in [0.15, 0.2) is 47.0 Å². The number of nitrogens with one attached hydrogen (secondary N) is 1. The van der Waals surface area contributed by atoms with E-state index >= 15 is 0 Å². The molecule has 0 saturated carbocycles. The summed E-state index contributed by atoms with van der Waals surface area (Å²) < 4.78 is 10.1. The number of carbonyl (C=O) groups is 1. The fourth-order valence-electron chi connectivity index (χ4n) is 4.26. The molecule has 8 heteroatoms. The van der Waals surface area contributed by atoms with Gasteiger partial charge in [0.1, 0.15) is 0 Å². The molecule has 2 aliphatic rings. The topological polar surface area (TPSA) is 87.8 Å². The van der Waals surface area contributed by atoms with Crippen LogP contribution >= 0.6 is 11.6 Å². The zero-order valence-electron chi connectivity index (χ0n) is 17.9. The van der Waals surface area contributed by atoms with Crippen molar-refractivity contribution < 1.29 is 19.2 Å².